The van der Waals surface area contributed by atoms with Gasteiger partial charge in [0.15, 0.2) is 11.6 Å². The predicted molar refractivity (Wildman–Crippen MR) is 130 cm³/mol. The Bertz CT molecular complexity index is 1160. The molecule has 2 aliphatic heterocycles. The number of H-pyrrole nitrogens is 1. The van der Waals surface area contributed by atoms with Gasteiger partial charge in [-0.15, -0.1) is 0 Å². The smallest absolute Gasteiger partial charge is 0.410 e. The molecule has 1 aromatic carbocycles. The van der Waals surface area contributed by atoms with Crippen LogP contribution in [0.25, 0.3) is 0 Å². The molecule has 1 spiro atoms. The highest BCUT2D eigenvalue weighted by atomic mass is 16.6. The lowest BCUT2D eigenvalue weighted by atomic mass is 9.59. The van der Waals surface area contributed by atoms with Crippen molar-refractivity contribution in [3.05, 3.63) is 58.4 Å². The van der Waals surface area contributed by atoms with E-state index in [9.17, 15) is 9.59 Å². The summed E-state index contributed by atoms with van der Waals surface area (Å²) in [6, 6.07) is 9.67. The lowest BCUT2D eigenvalue weighted by molar-refractivity contribution is -0.119. The molecule has 0 radical (unpaired) electrons. The average molecular weight is 463 g/mol. The van der Waals surface area contributed by atoms with Crippen molar-refractivity contribution in [2.45, 2.75) is 65.9 Å². The third-order valence-corrected chi connectivity index (χ3v) is 7.03. The molecule has 2 N–H and O–H groups in total. The molecule has 1 aromatic heterocycles. The Hall–Kier alpha value is -3.09. The van der Waals surface area contributed by atoms with Crippen LogP contribution in [-0.2, 0) is 28.0 Å². The van der Waals surface area contributed by atoms with Crippen molar-refractivity contribution in [2.75, 3.05) is 18.4 Å². The number of allylic oxidation sites excluding steroid dienone is 1. The molecule has 3 heterocycles. The Morgan fingerprint density at radius 1 is 1.15 bits per heavy atom. The molecular weight excluding hydrogens is 428 g/mol. The molecule has 0 unspecified atom stereocenters. The number of ketones is 1. The molecule has 0 saturated carbocycles. The number of Topliss-reactive ketones (excluding diaryl/α,β-unsaturated/α-hetero) is 1. The molecule has 7 nitrogen and oxygen atoms in total. The van der Waals surface area contributed by atoms with E-state index in [1.807, 2.05) is 30.3 Å². The number of likely N-dealkylation sites (tertiary alicyclic amines) is 1. The number of aromatic nitrogens is 2. The minimum atomic E-state index is -0.539. The molecule has 3 aliphatic rings. The summed E-state index contributed by atoms with van der Waals surface area (Å²) in [6.45, 7) is 11.9. The van der Waals surface area contributed by atoms with Crippen LogP contribution in [0.15, 0.2) is 41.6 Å². The summed E-state index contributed by atoms with van der Waals surface area (Å²) < 4.78 is 5.59. The van der Waals surface area contributed by atoms with Gasteiger partial charge in [0.2, 0.25) is 0 Å². The number of rotatable bonds is 3. The first-order valence-electron chi connectivity index (χ1n) is 12.0. The highest BCUT2D eigenvalue weighted by molar-refractivity contribution is 6.02. The standard InChI is InChI=1S/C27H34N4O3/c1-25(2,3)11-19-22-23(30-29-19)28-18-12-26(4,5)13-20(32)21(18)27(22)15-31(16-27)24(33)34-14-17-9-7-6-8-10-17/h6-10H,11-16H2,1-5H3,(H2,28,29,30). The van der Waals surface area contributed by atoms with Gasteiger partial charge in [-0.3, -0.25) is 9.89 Å². The zero-order valence-corrected chi connectivity index (χ0v) is 20.7. The summed E-state index contributed by atoms with van der Waals surface area (Å²) >= 11 is 0. The van der Waals surface area contributed by atoms with Crippen molar-refractivity contribution in [3.8, 4) is 0 Å². The maximum absolute atomic E-state index is 13.5. The number of benzene rings is 1. The van der Waals surface area contributed by atoms with Gasteiger partial charge in [0.1, 0.15) is 6.61 Å². The van der Waals surface area contributed by atoms with E-state index >= 15 is 0 Å². The lowest BCUT2D eigenvalue weighted by Crippen LogP contribution is -2.65. The Morgan fingerprint density at radius 3 is 2.53 bits per heavy atom. The first-order valence-corrected chi connectivity index (χ1v) is 12.0. The van der Waals surface area contributed by atoms with E-state index in [-0.39, 0.29) is 29.3 Å². The summed E-state index contributed by atoms with van der Waals surface area (Å²) in [5.74, 6) is 0.963. The second-order valence-corrected chi connectivity index (χ2v) is 12.1. The third kappa shape index (κ3) is 3.91. The Balaban J connectivity index is 1.46. The highest BCUT2D eigenvalue weighted by Gasteiger charge is 2.58. The molecule has 1 fully saturated rings. The summed E-state index contributed by atoms with van der Waals surface area (Å²) in [5.41, 5.74) is 4.23. The number of anilines is 1. The molecule has 0 atom stereocenters. The fourth-order valence-corrected chi connectivity index (χ4v) is 5.75. The van der Waals surface area contributed by atoms with Gasteiger partial charge in [0.05, 0.1) is 5.41 Å². The van der Waals surface area contributed by atoms with Crippen molar-refractivity contribution < 1.29 is 14.3 Å². The van der Waals surface area contributed by atoms with Crippen LogP contribution in [0.2, 0.25) is 0 Å². The third-order valence-electron chi connectivity index (χ3n) is 7.03. The van der Waals surface area contributed by atoms with Gasteiger partial charge in [-0.05, 0) is 29.2 Å². The van der Waals surface area contributed by atoms with Crippen molar-refractivity contribution in [1.82, 2.24) is 15.1 Å². The number of hydrogen-bond acceptors (Lipinski definition) is 5. The van der Waals surface area contributed by atoms with Crippen LogP contribution in [0.4, 0.5) is 10.6 Å². The van der Waals surface area contributed by atoms with Crippen molar-refractivity contribution in [3.63, 3.8) is 0 Å². The summed E-state index contributed by atoms with van der Waals surface area (Å²) in [7, 11) is 0. The van der Waals surface area contributed by atoms with Crippen LogP contribution < -0.4 is 5.32 Å². The number of carbonyl (C=O) groups excluding carboxylic acids is 2. The maximum Gasteiger partial charge on any atom is 0.410 e. The van der Waals surface area contributed by atoms with Crippen LogP contribution in [0.1, 0.15) is 64.3 Å². The fourth-order valence-electron chi connectivity index (χ4n) is 5.75. The van der Waals surface area contributed by atoms with E-state index in [1.165, 1.54) is 0 Å². The lowest BCUT2D eigenvalue weighted by Gasteiger charge is -2.54. The zero-order valence-electron chi connectivity index (χ0n) is 20.7. The SMILES string of the molecule is CC(C)(C)Cc1[nH]nc2c1C1(CN(C(=O)OCc3ccccc3)C1)C1=C(CC(C)(C)CC1=O)N2. The number of fused-ring (bicyclic) bond motifs is 3. The second-order valence-electron chi connectivity index (χ2n) is 12.1. The molecule has 1 amide bonds. The minimum absolute atomic E-state index is 0.0484. The normalized spacial score (nSPS) is 20.4. The average Bonchev–Trinajstić information content (AvgIpc) is 3.09. The number of amides is 1. The molecule has 1 aliphatic carbocycles. The molecule has 34 heavy (non-hydrogen) atoms. The summed E-state index contributed by atoms with van der Waals surface area (Å²) in [4.78, 5) is 28.1. The monoisotopic (exact) mass is 462 g/mol. The van der Waals surface area contributed by atoms with E-state index in [0.717, 1.165) is 46.8 Å². The molecule has 5 rings (SSSR count). The molecule has 2 aromatic rings. The first kappa shape index (κ1) is 22.7. The van der Waals surface area contributed by atoms with Crippen molar-refractivity contribution >= 4 is 17.7 Å². The summed E-state index contributed by atoms with van der Waals surface area (Å²) in [6.07, 6.45) is 1.76. The van der Waals surface area contributed by atoms with Gasteiger partial charge < -0.3 is 15.0 Å². The van der Waals surface area contributed by atoms with Gasteiger partial charge in [0.25, 0.3) is 0 Å². The molecule has 1 saturated heterocycles. The zero-order chi connectivity index (χ0) is 24.3. The van der Waals surface area contributed by atoms with Gasteiger partial charge >= 0.3 is 6.09 Å². The number of nitrogens with zero attached hydrogens (tertiary/aromatic N) is 2. The number of carbonyl (C=O) groups is 2. The molecule has 7 heteroatoms. The van der Waals surface area contributed by atoms with Gasteiger partial charge in [-0.1, -0.05) is 65.0 Å². The Kier molecular flexibility index (Phi) is 5.15. The minimum Gasteiger partial charge on any atom is -0.445 e. The highest BCUT2D eigenvalue weighted by Crippen LogP contribution is 2.54. The van der Waals surface area contributed by atoms with Crippen molar-refractivity contribution in [1.29, 1.82) is 0 Å². The van der Waals surface area contributed by atoms with Crippen LogP contribution in [0, 0.1) is 10.8 Å². The van der Waals surface area contributed by atoms with Crippen LogP contribution >= 0.6 is 0 Å². The largest absolute Gasteiger partial charge is 0.445 e. The van der Waals surface area contributed by atoms with Crippen LogP contribution in [0.3, 0.4) is 0 Å². The first-order chi connectivity index (χ1) is 16.0. The number of nitrogens with one attached hydrogen (secondary N) is 2. The van der Waals surface area contributed by atoms with Gasteiger partial charge in [-0.25, -0.2) is 4.79 Å². The molecule has 180 valence electrons. The van der Waals surface area contributed by atoms with E-state index in [1.54, 1.807) is 4.90 Å². The number of ether oxygens (including phenoxy) is 1. The molecular formula is C27H34N4O3. The van der Waals surface area contributed by atoms with Gasteiger partial charge in [0, 0.05) is 42.0 Å². The van der Waals surface area contributed by atoms with Crippen LogP contribution in [0.5, 0.6) is 0 Å². The quantitative estimate of drug-likeness (QED) is 0.673. The topological polar surface area (TPSA) is 87.3 Å². The maximum atomic E-state index is 13.5. The van der Waals surface area contributed by atoms with Crippen molar-refractivity contribution in [2.24, 2.45) is 10.8 Å². The summed E-state index contributed by atoms with van der Waals surface area (Å²) in [5, 5.41) is 11.3. The predicted octanol–water partition coefficient (Wildman–Crippen LogP) is 4.96. The van der Waals surface area contributed by atoms with Crippen LogP contribution in [-0.4, -0.2) is 40.1 Å². The number of hydrogen-bond donors (Lipinski definition) is 2. The second kappa shape index (κ2) is 7.72. The Labute approximate surface area is 200 Å². The Morgan fingerprint density at radius 2 is 1.85 bits per heavy atom. The number of aromatic amines is 1. The van der Waals surface area contributed by atoms with Gasteiger partial charge in [-0.2, -0.15) is 5.10 Å². The molecule has 0 bridgehead atoms. The van der Waals surface area contributed by atoms with E-state index in [4.69, 9.17) is 4.74 Å². The van der Waals surface area contributed by atoms with E-state index in [0.29, 0.717) is 19.5 Å². The van der Waals surface area contributed by atoms with E-state index < -0.39 is 5.41 Å². The fraction of sp³-hybridized carbons (Fsp3) is 0.519. The van der Waals surface area contributed by atoms with E-state index in [2.05, 4.69) is 50.1 Å².